The van der Waals surface area contributed by atoms with E-state index in [1.807, 2.05) is 12.3 Å². The maximum absolute atomic E-state index is 4.98. The van der Waals surface area contributed by atoms with Gasteiger partial charge in [-0.2, -0.15) is 0 Å². The van der Waals surface area contributed by atoms with Gasteiger partial charge in [-0.15, -0.1) is 0 Å². The zero-order chi connectivity index (χ0) is 31.2. The molecule has 0 fully saturated rings. The maximum Gasteiger partial charge on any atom is 0.137 e. The SMILES string of the molecule is c1ccc(-c2ccc(-c3c4ccccc4c(N(c4ccccn4)c4cc5ccccc5c5ccccc45)c4ccccc34)cc2)cc1. The Morgan fingerprint density at radius 3 is 1.53 bits per heavy atom. The van der Waals surface area contributed by atoms with Crippen molar-refractivity contribution >= 4 is 60.3 Å². The first-order valence-corrected chi connectivity index (χ1v) is 16.1. The molecule has 1 aromatic heterocycles. The molecule has 0 aliphatic carbocycles. The van der Waals surface area contributed by atoms with Crippen LogP contribution in [0.25, 0.3) is 65.3 Å². The van der Waals surface area contributed by atoms with E-state index in [9.17, 15) is 0 Å². The van der Waals surface area contributed by atoms with E-state index in [0.717, 1.165) is 17.2 Å². The number of hydrogen-bond donors (Lipinski definition) is 0. The van der Waals surface area contributed by atoms with E-state index >= 15 is 0 Å². The lowest BCUT2D eigenvalue weighted by Crippen LogP contribution is -2.13. The summed E-state index contributed by atoms with van der Waals surface area (Å²) in [7, 11) is 0. The number of hydrogen-bond acceptors (Lipinski definition) is 2. The number of nitrogens with zero attached hydrogens (tertiary/aromatic N) is 2. The monoisotopic (exact) mass is 598 g/mol. The predicted molar refractivity (Wildman–Crippen MR) is 200 cm³/mol. The lowest BCUT2D eigenvalue weighted by atomic mass is 9.89. The van der Waals surface area contributed by atoms with E-state index in [1.165, 1.54) is 65.3 Å². The van der Waals surface area contributed by atoms with Gasteiger partial charge >= 0.3 is 0 Å². The minimum absolute atomic E-state index is 0.878. The number of benzene rings is 8. The van der Waals surface area contributed by atoms with Crippen molar-refractivity contribution in [1.29, 1.82) is 0 Å². The van der Waals surface area contributed by atoms with E-state index in [4.69, 9.17) is 4.98 Å². The summed E-state index contributed by atoms with van der Waals surface area (Å²) in [5, 5.41) is 9.63. The summed E-state index contributed by atoms with van der Waals surface area (Å²) in [6, 6.07) is 63.2. The summed E-state index contributed by atoms with van der Waals surface area (Å²) >= 11 is 0. The van der Waals surface area contributed by atoms with Crippen molar-refractivity contribution in [3.63, 3.8) is 0 Å². The third kappa shape index (κ3) is 4.54. The quantitative estimate of drug-likeness (QED) is 0.145. The average Bonchev–Trinajstić information content (AvgIpc) is 3.15. The minimum atomic E-state index is 0.878. The fraction of sp³-hybridized carbons (Fsp3) is 0. The van der Waals surface area contributed by atoms with Crippen LogP contribution in [-0.4, -0.2) is 4.98 Å². The lowest BCUT2D eigenvalue weighted by Gasteiger charge is -2.30. The summed E-state index contributed by atoms with van der Waals surface area (Å²) in [5.41, 5.74) is 7.10. The minimum Gasteiger partial charge on any atom is -0.293 e. The van der Waals surface area contributed by atoms with Gasteiger partial charge in [-0.3, -0.25) is 4.90 Å². The molecule has 0 spiro atoms. The second kappa shape index (κ2) is 11.3. The van der Waals surface area contributed by atoms with Crippen molar-refractivity contribution in [1.82, 2.24) is 4.98 Å². The molecule has 0 aliphatic heterocycles. The lowest BCUT2D eigenvalue weighted by molar-refractivity contribution is 1.20. The first-order chi connectivity index (χ1) is 23.3. The van der Waals surface area contributed by atoms with Gasteiger partial charge in [0.1, 0.15) is 5.82 Å². The maximum atomic E-state index is 4.98. The van der Waals surface area contributed by atoms with Gasteiger partial charge in [-0.05, 0) is 67.4 Å². The first-order valence-electron chi connectivity index (χ1n) is 16.1. The third-order valence-corrected chi connectivity index (χ3v) is 9.27. The average molecular weight is 599 g/mol. The van der Waals surface area contributed by atoms with Crippen LogP contribution in [0.5, 0.6) is 0 Å². The van der Waals surface area contributed by atoms with Crippen LogP contribution >= 0.6 is 0 Å². The highest BCUT2D eigenvalue weighted by molar-refractivity contribution is 6.24. The molecule has 0 unspecified atom stereocenters. The van der Waals surface area contributed by atoms with Gasteiger partial charge in [0.05, 0.1) is 11.4 Å². The van der Waals surface area contributed by atoms with Crippen LogP contribution in [0, 0.1) is 0 Å². The third-order valence-electron chi connectivity index (χ3n) is 9.27. The molecule has 0 bridgehead atoms. The van der Waals surface area contributed by atoms with E-state index in [2.05, 4.69) is 175 Å². The Balaban J connectivity index is 1.37. The van der Waals surface area contributed by atoms with Crippen molar-refractivity contribution in [2.24, 2.45) is 0 Å². The van der Waals surface area contributed by atoms with Crippen molar-refractivity contribution in [2.45, 2.75) is 0 Å². The molecule has 0 atom stereocenters. The summed E-state index contributed by atoms with van der Waals surface area (Å²) in [4.78, 5) is 7.35. The molecular formula is C45H30N2. The van der Waals surface area contributed by atoms with Crippen LogP contribution in [0.15, 0.2) is 182 Å². The van der Waals surface area contributed by atoms with Gasteiger partial charge in [0.15, 0.2) is 0 Å². The molecule has 2 heteroatoms. The standard InChI is InChI=1S/C45H30N2/c1-2-14-31(15-3-1)32-25-27-33(28-26-32)44-38-20-8-10-22-40(38)45(41-23-11-9-21-39(41)44)47(43-24-12-13-29-46-43)42-30-34-16-4-5-17-35(34)36-18-6-7-19-37(36)42/h1-30H. The molecule has 1 heterocycles. The molecule has 0 radical (unpaired) electrons. The number of pyridine rings is 1. The summed E-state index contributed by atoms with van der Waals surface area (Å²) in [6.45, 7) is 0. The highest BCUT2D eigenvalue weighted by Crippen LogP contribution is 2.49. The number of aromatic nitrogens is 1. The van der Waals surface area contributed by atoms with Crippen molar-refractivity contribution in [3.05, 3.63) is 182 Å². The van der Waals surface area contributed by atoms with Crippen LogP contribution in [-0.2, 0) is 0 Å². The van der Waals surface area contributed by atoms with E-state index in [1.54, 1.807) is 0 Å². The van der Waals surface area contributed by atoms with Gasteiger partial charge in [0.25, 0.3) is 0 Å². The van der Waals surface area contributed by atoms with E-state index in [0.29, 0.717) is 0 Å². The summed E-state index contributed by atoms with van der Waals surface area (Å²) < 4.78 is 0. The fourth-order valence-corrected chi connectivity index (χ4v) is 7.18. The molecule has 220 valence electrons. The van der Waals surface area contributed by atoms with E-state index in [-0.39, 0.29) is 0 Å². The topological polar surface area (TPSA) is 16.1 Å². The molecule has 0 saturated heterocycles. The Morgan fingerprint density at radius 2 is 0.872 bits per heavy atom. The number of fused-ring (bicyclic) bond motifs is 5. The van der Waals surface area contributed by atoms with Crippen molar-refractivity contribution < 1.29 is 0 Å². The number of rotatable bonds is 5. The molecule has 0 N–H and O–H groups in total. The molecule has 47 heavy (non-hydrogen) atoms. The van der Waals surface area contributed by atoms with Crippen molar-refractivity contribution in [2.75, 3.05) is 4.90 Å². The second-order valence-corrected chi connectivity index (χ2v) is 11.9. The Morgan fingerprint density at radius 1 is 0.362 bits per heavy atom. The largest absolute Gasteiger partial charge is 0.293 e. The Bertz CT molecular complexity index is 2500. The van der Waals surface area contributed by atoms with Gasteiger partial charge in [-0.25, -0.2) is 4.98 Å². The van der Waals surface area contributed by atoms with Gasteiger partial charge in [0, 0.05) is 22.4 Å². The molecular weight excluding hydrogens is 569 g/mol. The summed E-state index contributed by atoms with van der Waals surface area (Å²) in [5.74, 6) is 0.878. The smallest absolute Gasteiger partial charge is 0.137 e. The summed E-state index contributed by atoms with van der Waals surface area (Å²) in [6.07, 6.45) is 1.89. The fourth-order valence-electron chi connectivity index (χ4n) is 7.18. The zero-order valence-corrected chi connectivity index (χ0v) is 25.7. The Kier molecular flexibility index (Phi) is 6.50. The second-order valence-electron chi connectivity index (χ2n) is 11.9. The highest BCUT2D eigenvalue weighted by atomic mass is 15.2. The molecule has 2 nitrogen and oxygen atoms in total. The van der Waals surface area contributed by atoms with Gasteiger partial charge in [0.2, 0.25) is 0 Å². The Hall–Kier alpha value is -6.25. The van der Waals surface area contributed by atoms with Crippen LogP contribution in [0.4, 0.5) is 17.2 Å². The van der Waals surface area contributed by atoms with Gasteiger partial charge in [-0.1, -0.05) is 158 Å². The zero-order valence-electron chi connectivity index (χ0n) is 25.7. The molecule has 8 aromatic carbocycles. The van der Waals surface area contributed by atoms with Crippen LogP contribution in [0.3, 0.4) is 0 Å². The predicted octanol–water partition coefficient (Wildman–Crippen LogP) is 12.5. The van der Waals surface area contributed by atoms with Crippen molar-refractivity contribution in [3.8, 4) is 22.3 Å². The Labute approximate surface area is 273 Å². The van der Waals surface area contributed by atoms with Crippen LogP contribution in [0.1, 0.15) is 0 Å². The van der Waals surface area contributed by atoms with E-state index < -0.39 is 0 Å². The van der Waals surface area contributed by atoms with Gasteiger partial charge < -0.3 is 0 Å². The van der Waals surface area contributed by atoms with Crippen LogP contribution < -0.4 is 4.90 Å². The first kappa shape index (κ1) is 27.1. The molecule has 0 saturated carbocycles. The molecule has 0 aliphatic rings. The molecule has 0 amide bonds. The number of anilines is 3. The normalized spacial score (nSPS) is 11.4. The molecule has 9 rings (SSSR count). The van der Waals surface area contributed by atoms with Crippen LogP contribution in [0.2, 0.25) is 0 Å². The molecule has 9 aromatic rings. The highest BCUT2D eigenvalue weighted by Gasteiger charge is 2.24.